The van der Waals surface area contributed by atoms with Gasteiger partial charge in [-0.05, 0) is 36.5 Å². The molecule has 0 heterocycles. The first-order valence-corrected chi connectivity index (χ1v) is 6.25. The fourth-order valence-electron chi connectivity index (χ4n) is 2.06. The molecule has 2 rings (SSSR count). The zero-order valence-corrected chi connectivity index (χ0v) is 11.1. The van der Waals surface area contributed by atoms with E-state index in [0.717, 1.165) is 0 Å². The van der Waals surface area contributed by atoms with E-state index in [4.69, 9.17) is 0 Å². The Balaban J connectivity index is 0.00000162. The van der Waals surface area contributed by atoms with Crippen LogP contribution in [0.2, 0.25) is 0 Å². The number of hydrogen-bond donors (Lipinski definition) is 0. The van der Waals surface area contributed by atoms with Crippen LogP contribution in [0.25, 0.3) is 11.1 Å². The molecule has 0 aliphatic rings. The van der Waals surface area contributed by atoms with Crippen molar-refractivity contribution in [3.8, 4) is 11.1 Å². The van der Waals surface area contributed by atoms with Gasteiger partial charge in [0.2, 0.25) is 0 Å². The normalized spacial score (nSPS) is 10.3. The second kappa shape index (κ2) is 5.86. The molecule has 0 saturated carbocycles. The summed E-state index contributed by atoms with van der Waals surface area (Å²) in [5.74, 6) is 0.582. The average molecular weight is 240 g/mol. The van der Waals surface area contributed by atoms with E-state index in [2.05, 4.69) is 70.2 Å². The van der Waals surface area contributed by atoms with Crippen molar-refractivity contribution in [1.29, 1.82) is 0 Å². The van der Waals surface area contributed by atoms with Crippen LogP contribution in [0.1, 0.15) is 43.9 Å². The lowest BCUT2D eigenvalue weighted by Crippen LogP contribution is -1.90. The van der Waals surface area contributed by atoms with Gasteiger partial charge in [-0.1, -0.05) is 74.9 Å². The minimum absolute atomic E-state index is 0. The summed E-state index contributed by atoms with van der Waals surface area (Å²) in [7, 11) is 0. The van der Waals surface area contributed by atoms with Crippen LogP contribution in [0, 0.1) is 13.8 Å². The van der Waals surface area contributed by atoms with Crippen LogP contribution in [0.15, 0.2) is 42.5 Å². The molecule has 0 amide bonds. The third-order valence-electron chi connectivity index (χ3n) is 3.15. The maximum absolute atomic E-state index is 2.31. The largest absolute Gasteiger partial charge is 0.0776 e. The van der Waals surface area contributed by atoms with Gasteiger partial charge >= 0.3 is 0 Å². The molecule has 2 aromatic carbocycles. The molecule has 0 bridgehead atoms. The van der Waals surface area contributed by atoms with E-state index in [0.29, 0.717) is 5.92 Å². The number of hydrogen-bond acceptors (Lipinski definition) is 0. The molecule has 0 aliphatic heterocycles. The molecule has 0 saturated heterocycles. The van der Waals surface area contributed by atoms with E-state index < -0.39 is 0 Å². The Bertz CT molecular complexity index is 504. The summed E-state index contributed by atoms with van der Waals surface area (Å²) in [5, 5.41) is 0. The zero-order valence-electron chi connectivity index (χ0n) is 11.1. The molecule has 18 heavy (non-hydrogen) atoms. The van der Waals surface area contributed by atoms with Crippen LogP contribution in [-0.4, -0.2) is 0 Å². The van der Waals surface area contributed by atoms with Crippen molar-refractivity contribution < 1.29 is 0 Å². The van der Waals surface area contributed by atoms with Crippen molar-refractivity contribution in [3.63, 3.8) is 0 Å². The van der Waals surface area contributed by atoms with E-state index in [1.807, 2.05) is 0 Å². The molecule has 2 aromatic rings. The Hall–Kier alpha value is -1.56. The first kappa shape index (κ1) is 14.5. The van der Waals surface area contributed by atoms with Gasteiger partial charge in [0.1, 0.15) is 0 Å². The summed E-state index contributed by atoms with van der Waals surface area (Å²) in [6, 6.07) is 15.6. The van der Waals surface area contributed by atoms with Crippen LogP contribution in [-0.2, 0) is 0 Å². The lowest BCUT2D eigenvalue weighted by molar-refractivity contribution is 0.865. The third kappa shape index (κ3) is 3.22. The molecule has 0 spiro atoms. The second-order valence-corrected chi connectivity index (χ2v) is 5.15. The van der Waals surface area contributed by atoms with Crippen molar-refractivity contribution in [2.45, 2.75) is 41.0 Å². The molecule has 0 radical (unpaired) electrons. The maximum atomic E-state index is 2.31. The SMILES string of the molecule is C.Cc1ccc(-c2cc(C)cc(C(C)C)c2)cc1. The van der Waals surface area contributed by atoms with Crippen LogP contribution < -0.4 is 0 Å². The number of benzene rings is 2. The molecular weight excluding hydrogens is 216 g/mol. The van der Waals surface area contributed by atoms with Gasteiger partial charge < -0.3 is 0 Å². The molecule has 0 unspecified atom stereocenters. The molecule has 96 valence electrons. The van der Waals surface area contributed by atoms with E-state index in [9.17, 15) is 0 Å². The molecule has 0 nitrogen and oxygen atoms in total. The third-order valence-corrected chi connectivity index (χ3v) is 3.15. The summed E-state index contributed by atoms with van der Waals surface area (Å²) in [4.78, 5) is 0. The minimum Gasteiger partial charge on any atom is -0.0776 e. The Morgan fingerprint density at radius 2 is 1.33 bits per heavy atom. The topological polar surface area (TPSA) is 0 Å². The quantitative estimate of drug-likeness (QED) is 0.629. The first-order valence-electron chi connectivity index (χ1n) is 6.25. The lowest BCUT2D eigenvalue weighted by atomic mass is 9.95. The van der Waals surface area contributed by atoms with E-state index in [-0.39, 0.29) is 7.43 Å². The second-order valence-electron chi connectivity index (χ2n) is 5.15. The molecular formula is C18H24. The van der Waals surface area contributed by atoms with Gasteiger partial charge in [-0.2, -0.15) is 0 Å². The first-order chi connectivity index (χ1) is 8.06. The monoisotopic (exact) mass is 240 g/mol. The van der Waals surface area contributed by atoms with Crippen molar-refractivity contribution in [1.82, 2.24) is 0 Å². The van der Waals surface area contributed by atoms with Gasteiger partial charge in [0.05, 0.1) is 0 Å². The van der Waals surface area contributed by atoms with Gasteiger partial charge in [-0.25, -0.2) is 0 Å². The molecule has 0 N–H and O–H groups in total. The zero-order chi connectivity index (χ0) is 12.4. The Morgan fingerprint density at radius 1 is 0.722 bits per heavy atom. The smallest absolute Gasteiger partial charge is 0.0179 e. The van der Waals surface area contributed by atoms with E-state index in [1.165, 1.54) is 27.8 Å². The summed E-state index contributed by atoms with van der Waals surface area (Å²) >= 11 is 0. The van der Waals surface area contributed by atoms with Gasteiger partial charge in [0, 0.05) is 0 Å². The fourth-order valence-corrected chi connectivity index (χ4v) is 2.06. The predicted molar refractivity (Wildman–Crippen MR) is 82.2 cm³/mol. The van der Waals surface area contributed by atoms with Crippen molar-refractivity contribution in [3.05, 3.63) is 59.2 Å². The van der Waals surface area contributed by atoms with E-state index in [1.54, 1.807) is 0 Å². The molecule has 0 fully saturated rings. The van der Waals surface area contributed by atoms with Crippen LogP contribution in [0.3, 0.4) is 0 Å². The van der Waals surface area contributed by atoms with Gasteiger partial charge in [0.25, 0.3) is 0 Å². The molecule has 0 heteroatoms. The van der Waals surface area contributed by atoms with Crippen molar-refractivity contribution >= 4 is 0 Å². The van der Waals surface area contributed by atoms with Crippen molar-refractivity contribution in [2.75, 3.05) is 0 Å². The van der Waals surface area contributed by atoms with Crippen LogP contribution in [0.5, 0.6) is 0 Å². The summed E-state index contributed by atoms with van der Waals surface area (Å²) < 4.78 is 0. The highest BCUT2D eigenvalue weighted by atomic mass is 14.1. The highest BCUT2D eigenvalue weighted by Crippen LogP contribution is 2.26. The Morgan fingerprint density at radius 3 is 1.89 bits per heavy atom. The Labute approximate surface area is 112 Å². The molecule has 0 aromatic heterocycles. The minimum atomic E-state index is 0. The van der Waals surface area contributed by atoms with Gasteiger partial charge in [-0.3, -0.25) is 0 Å². The highest BCUT2D eigenvalue weighted by molar-refractivity contribution is 5.65. The number of rotatable bonds is 2. The Kier molecular flexibility index (Phi) is 4.72. The van der Waals surface area contributed by atoms with Gasteiger partial charge in [0.15, 0.2) is 0 Å². The van der Waals surface area contributed by atoms with E-state index >= 15 is 0 Å². The molecule has 0 aliphatic carbocycles. The number of aryl methyl sites for hydroxylation is 2. The summed E-state index contributed by atoms with van der Waals surface area (Å²) in [6.45, 7) is 8.78. The van der Waals surface area contributed by atoms with Crippen LogP contribution >= 0.6 is 0 Å². The lowest BCUT2D eigenvalue weighted by Gasteiger charge is -2.10. The van der Waals surface area contributed by atoms with Crippen molar-refractivity contribution in [2.24, 2.45) is 0 Å². The highest BCUT2D eigenvalue weighted by Gasteiger charge is 2.04. The summed E-state index contributed by atoms with van der Waals surface area (Å²) in [5.41, 5.74) is 6.70. The maximum Gasteiger partial charge on any atom is -0.0179 e. The predicted octanol–water partition coefficient (Wildman–Crippen LogP) is 5.73. The average Bonchev–Trinajstić information content (AvgIpc) is 2.29. The summed E-state index contributed by atoms with van der Waals surface area (Å²) in [6.07, 6.45) is 0. The standard InChI is InChI=1S/C17H20.CH4/c1-12(2)16-9-14(4)10-17(11-16)15-7-5-13(3)6-8-15;/h5-12H,1-4H3;1H4. The van der Waals surface area contributed by atoms with Crippen LogP contribution in [0.4, 0.5) is 0 Å². The van der Waals surface area contributed by atoms with Gasteiger partial charge in [-0.15, -0.1) is 0 Å². The fraction of sp³-hybridized carbons (Fsp3) is 0.333. The molecule has 0 atom stereocenters.